The van der Waals surface area contributed by atoms with E-state index in [0.29, 0.717) is 24.7 Å². The number of sulfonamides is 1. The molecule has 156 valence electrons. The number of hydrogen-bond donors (Lipinski definition) is 2. The second-order valence-corrected chi connectivity index (χ2v) is 9.75. The minimum absolute atomic E-state index is 0.0237. The lowest BCUT2D eigenvalue weighted by Gasteiger charge is -2.31. The summed E-state index contributed by atoms with van der Waals surface area (Å²) in [7, 11) is -3.71. The summed E-state index contributed by atoms with van der Waals surface area (Å²) in [6, 6.07) is 13.7. The molecule has 2 aromatic carbocycles. The molecule has 2 aromatic rings. The van der Waals surface area contributed by atoms with E-state index in [1.807, 2.05) is 24.3 Å². The highest BCUT2D eigenvalue weighted by molar-refractivity contribution is 7.89. The van der Waals surface area contributed by atoms with Crippen LogP contribution in [0.3, 0.4) is 0 Å². The van der Waals surface area contributed by atoms with Crippen LogP contribution in [0.5, 0.6) is 0 Å². The van der Waals surface area contributed by atoms with Crippen molar-refractivity contribution in [1.82, 2.24) is 4.31 Å². The van der Waals surface area contributed by atoms with Gasteiger partial charge in [-0.25, -0.2) is 8.42 Å². The molecule has 1 atom stereocenters. The van der Waals surface area contributed by atoms with Crippen LogP contribution in [0.15, 0.2) is 53.4 Å². The molecule has 0 spiro atoms. The highest BCUT2D eigenvalue weighted by atomic mass is 32.2. The van der Waals surface area contributed by atoms with Crippen molar-refractivity contribution < 1.29 is 18.3 Å². The van der Waals surface area contributed by atoms with Gasteiger partial charge in [-0.15, -0.1) is 0 Å². The molecule has 0 saturated carbocycles. The predicted molar refractivity (Wildman–Crippen MR) is 113 cm³/mol. The van der Waals surface area contributed by atoms with Gasteiger partial charge >= 0.3 is 0 Å². The monoisotopic (exact) mass is 416 g/mol. The molecule has 29 heavy (non-hydrogen) atoms. The number of benzene rings is 2. The minimum atomic E-state index is -3.71. The molecule has 1 saturated heterocycles. The van der Waals surface area contributed by atoms with Crippen LogP contribution in [-0.4, -0.2) is 43.4 Å². The molecule has 0 bridgehead atoms. The molecule has 1 fully saturated rings. The fourth-order valence-corrected chi connectivity index (χ4v) is 5.10. The smallest absolute Gasteiger partial charge is 0.255 e. The van der Waals surface area contributed by atoms with E-state index in [1.54, 1.807) is 12.1 Å². The normalized spacial score (nSPS) is 18.0. The fourth-order valence-electron chi connectivity index (χ4n) is 3.50. The zero-order valence-electron chi connectivity index (χ0n) is 16.8. The third-order valence-electron chi connectivity index (χ3n) is 5.31. The number of amides is 1. The molecule has 1 aliphatic rings. The zero-order valence-corrected chi connectivity index (χ0v) is 17.7. The Hall–Kier alpha value is -2.22. The number of anilines is 1. The predicted octanol–water partition coefficient (Wildman–Crippen LogP) is 3.46. The van der Waals surface area contributed by atoms with Crippen molar-refractivity contribution in [3.8, 4) is 0 Å². The summed E-state index contributed by atoms with van der Waals surface area (Å²) in [6.07, 6.45) is 1.54. The molecule has 1 amide bonds. The number of carbonyl (C=O) groups is 1. The summed E-state index contributed by atoms with van der Waals surface area (Å²) in [5.41, 5.74) is 2.13. The Balaban J connectivity index is 1.77. The van der Waals surface area contributed by atoms with Gasteiger partial charge in [0.2, 0.25) is 10.0 Å². The van der Waals surface area contributed by atoms with E-state index in [9.17, 15) is 18.3 Å². The van der Waals surface area contributed by atoms with E-state index < -0.39 is 10.0 Å². The first-order valence-electron chi connectivity index (χ1n) is 9.93. The van der Waals surface area contributed by atoms with Gasteiger partial charge in [-0.3, -0.25) is 4.79 Å². The number of carbonyl (C=O) groups excluding carboxylic acids is 1. The minimum Gasteiger partial charge on any atom is -0.396 e. The van der Waals surface area contributed by atoms with E-state index in [1.165, 1.54) is 22.0 Å². The summed E-state index contributed by atoms with van der Waals surface area (Å²) in [5.74, 6) is 0.00639. The highest BCUT2D eigenvalue weighted by Crippen LogP contribution is 2.24. The summed E-state index contributed by atoms with van der Waals surface area (Å²) in [5, 5.41) is 12.2. The van der Waals surface area contributed by atoms with Crippen molar-refractivity contribution in [2.75, 3.05) is 25.0 Å². The molecule has 0 radical (unpaired) electrons. The summed E-state index contributed by atoms with van der Waals surface area (Å²) < 4.78 is 27.4. The van der Waals surface area contributed by atoms with Gasteiger partial charge < -0.3 is 10.4 Å². The lowest BCUT2D eigenvalue weighted by molar-refractivity contribution is 0.102. The summed E-state index contributed by atoms with van der Waals surface area (Å²) in [6.45, 7) is 4.91. The lowest BCUT2D eigenvalue weighted by Crippen LogP contribution is -2.40. The van der Waals surface area contributed by atoms with Crippen LogP contribution < -0.4 is 5.32 Å². The summed E-state index contributed by atoms with van der Waals surface area (Å²) in [4.78, 5) is 12.7. The summed E-state index contributed by atoms with van der Waals surface area (Å²) >= 11 is 0. The molecule has 2 N–H and O–H groups in total. The Morgan fingerprint density at radius 2 is 1.93 bits per heavy atom. The van der Waals surface area contributed by atoms with Gasteiger partial charge in [0, 0.05) is 30.9 Å². The SMILES string of the molecule is CC(C)c1ccc(NC(=O)c2cccc(S(=O)(=O)N3CCCC(CO)C3)c2)cc1. The molecule has 6 nitrogen and oxygen atoms in total. The number of nitrogens with one attached hydrogen (secondary N) is 1. The van der Waals surface area contributed by atoms with Crippen molar-refractivity contribution in [3.05, 3.63) is 59.7 Å². The molecule has 3 rings (SSSR count). The van der Waals surface area contributed by atoms with Crippen molar-refractivity contribution >= 4 is 21.6 Å². The molecule has 1 heterocycles. The van der Waals surface area contributed by atoms with Crippen molar-refractivity contribution in [1.29, 1.82) is 0 Å². The molecule has 1 aliphatic heterocycles. The van der Waals surface area contributed by atoms with E-state index in [4.69, 9.17) is 0 Å². The first-order chi connectivity index (χ1) is 13.8. The number of aliphatic hydroxyl groups is 1. The largest absolute Gasteiger partial charge is 0.396 e. The number of rotatable bonds is 6. The van der Waals surface area contributed by atoms with Gasteiger partial charge in [-0.1, -0.05) is 32.0 Å². The van der Waals surface area contributed by atoms with Crippen LogP contribution in [-0.2, 0) is 10.0 Å². The van der Waals surface area contributed by atoms with E-state index in [-0.39, 0.29) is 28.9 Å². The maximum absolute atomic E-state index is 13.0. The first kappa shape index (κ1) is 21.5. The molecule has 1 unspecified atom stereocenters. The van der Waals surface area contributed by atoms with Gasteiger partial charge in [-0.2, -0.15) is 4.31 Å². The standard InChI is InChI=1S/C22H28N2O4S/c1-16(2)18-8-10-20(11-9-18)23-22(26)19-6-3-7-21(13-19)29(27,28)24-12-4-5-17(14-24)15-25/h3,6-11,13,16-17,25H,4-5,12,14-15H2,1-2H3,(H,23,26). The number of nitrogens with zero attached hydrogens (tertiary/aromatic N) is 1. The fraction of sp³-hybridized carbons (Fsp3) is 0.409. The topological polar surface area (TPSA) is 86.7 Å². The Bertz CT molecular complexity index is 955. The lowest BCUT2D eigenvalue weighted by atomic mass is 10.0. The van der Waals surface area contributed by atoms with Gasteiger partial charge in [0.25, 0.3) is 5.91 Å². The maximum atomic E-state index is 13.0. The number of hydrogen-bond acceptors (Lipinski definition) is 4. The molecule has 0 aliphatic carbocycles. The zero-order chi connectivity index (χ0) is 21.0. The van der Waals surface area contributed by atoms with Crippen LogP contribution in [0.25, 0.3) is 0 Å². The third kappa shape index (κ3) is 5.04. The van der Waals surface area contributed by atoms with Crippen LogP contribution in [0.1, 0.15) is 48.5 Å². The van der Waals surface area contributed by atoms with Crippen molar-refractivity contribution in [2.45, 2.75) is 37.5 Å². The Kier molecular flexibility index (Phi) is 6.72. The molecular weight excluding hydrogens is 388 g/mol. The van der Waals surface area contributed by atoms with Crippen LogP contribution >= 0.6 is 0 Å². The molecule has 7 heteroatoms. The van der Waals surface area contributed by atoms with E-state index >= 15 is 0 Å². The van der Waals surface area contributed by atoms with Crippen molar-refractivity contribution in [3.63, 3.8) is 0 Å². The van der Waals surface area contributed by atoms with Gasteiger partial charge in [-0.05, 0) is 60.6 Å². The van der Waals surface area contributed by atoms with E-state index in [0.717, 1.165) is 12.8 Å². The van der Waals surface area contributed by atoms with Crippen LogP contribution in [0.2, 0.25) is 0 Å². The number of piperidine rings is 1. The quantitative estimate of drug-likeness (QED) is 0.755. The third-order valence-corrected chi connectivity index (χ3v) is 7.17. The van der Waals surface area contributed by atoms with E-state index in [2.05, 4.69) is 19.2 Å². The maximum Gasteiger partial charge on any atom is 0.255 e. The first-order valence-corrected chi connectivity index (χ1v) is 11.4. The second kappa shape index (κ2) is 9.07. The average molecular weight is 417 g/mol. The molecular formula is C22H28N2O4S. The second-order valence-electron chi connectivity index (χ2n) is 7.81. The van der Waals surface area contributed by atoms with Crippen LogP contribution in [0, 0.1) is 5.92 Å². The van der Waals surface area contributed by atoms with Crippen LogP contribution in [0.4, 0.5) is 5.69 Å². The van der Waals surface area contributed by atoms with Crippen molar-refractivity contribution in [2.24, 2.45) is 5.92 Å². The average Bonchev–Trinajstić information content (AvgIpc) is 2.74. The molecule has 0 aromatic heterocycles. The Labute approximate surface area is 172 Å². The van der Waals surface area contributed by atoms with Gasteiger partial charge in [0.1, 0.15) is 0 Å². The Morgan fingerprint density at radius 3 is 2.59 bits per heavy atom. The highest BCUT2D eigenvalue weighted by Gasteiger charge is 2.30. The number of aliphatic hydroxyl groups excluding tert-OH is 1. The van der Waals surface area contributed by atoms with Gasteiger partial charge in [0.05, 0.1) is 4.90 Å². The van der Waals surface area contributed by atoms with Gasteiger partial charge in [0.15, 0.2) is 0 Å². The Morgan fingerprint density at radius 1 is 1.21 bits per heavy atom.